The Morgan fingerprint density at radius 2 is 2.10 bits per heavy atom. The van der Waals surface area contributed by atoms with Crippen molar-refractivity contribution in [2.45, 2.75) is 39.7 Å². The summed E-state index contributed by atoms with van der Waals surface area (Å²) in [5.74, 6) is 1.80. The van der Waals surface area contributed by atoms with E-state index in [1.54, 1.807) is 14.2 Å². The Kier molecular flexibility index (Phi) is 10.2. The van der Waals surface area contributed by atoms with Gasteiger partial charge in [0.15, 0.2) is 5.96 Å². The number of hydrogen-bond acceptors (Lipinski definition) is 2. The van der Waals surface area contributed by atoms with Crippen molar-refractivity contribution in [2.75, 3.05) is 20.7 Å². The van der Waals surface area contributed by atoms with E-state index in [0.29, 0.717) is 6.04 Å². The van der Waals surface area contributed by atoms with E-state index in [4.69, 9.17) is 4.74 Å². The molecule has 120 valence electrons. The van der Waals surface area contributed by atoms with E-state index in [1.807, 2.05) is 6.07 Å². The number of aliphatic imine (C=N–C) groups is 1. The fourth-order valence-electron chi connectivity index (χ4n) is 1.95. The van der Waals surface area contributed by atoms with Gasteiger partial charge in [0.1, 0.15) is 5.75 Å². The molecule has 0 aliphatic carbocycles. The molecule has 0 radical (unpaired) electrons. The van der Waals surface area contributed by atoms with E-state index in [9.17, 15) is 0 Å². The van der Waals surface area contributed by atoms with Crippen molar-refractivity contribution in [3.8, 4) is 5.75 Å². The fraction of sp³-hybridized carbons (Fsp3) is 0.562. The zero-order chi connectivity index (χ0) is 15.0. The van der Waals surface area contributed by atoms with E-state index in [-0.39, 0.29) is 24.0 Å². The van der Waals surface area contributed by atoms with Gasteiger partial charge in [-0.2, -0.15) is 0 Å². The Bertz CT molecular complexity index is 449. The standard InChI is InChI=1S/C16H27N3O.HI/c1-6-13(3)19-16(17-4)18-10-9-14-11-12(2)7-8-15(14)20-5;/h7-8,11,13H,6,9-10H2,1-5H3,(H2,17,18,19);1H. The van der Waals surface area contributed by atoms with Gasteiger partial charge in [-0.15, -0.1) is 24.0 Å². The molecule has 0 aliphatic heterocycles. The minimum atomic E-state index is 0. The molecule has 5 heteroatoms. The van der Waals surface area contributed by atoms with Gasteiger partial charge in [0.25, 0.3) is 0 Å². The molecule has 1 atom stereocenters. The monoisotopic (exact) mass is 405 g/mol. The lowest BCUT2D eigenvalue weighted by Crippen LogP contribution is -2.42. The van der Waals surface area contributed by atoms with Crippen molar-refractivity contribution >= 4 is 29.9 Å². The van der Waals surface area contributed by atoms with Gasteiger partial charge in [-0.05, 0) is 38.3 Å². The molecule has 0 fully saturated rings. The molecule has 4 nitrogen and oxygen atoms in total. The van der Waals surface area contributed by atoms with Gasteiger partial charge >= 0.3 is 0 Å². The molecule has 0 amide bonds. The number of rotatable bonds is 6. The highest BCUT2D eigenvalue weighted by atomic mass is 127. The molecule has 0 heterocycles. The molecular weight excluding hydrogens is 377 g/mol. The molecule has 1 rings (SSSR count). The second kappa shape index (κ2) is 10.7. The SMILES string of the molecule is CCC(C)NC(=NC)NCCc1cc(C)ccc1OC.I. The van der Waals surface area contributed by atoms with Crippen molar-refractivity contribution in [3.63, 3.8) is 0 Å². The zero-order valence-electron chi connectivity index (χ0n) is 13.7. The number of benzene rings is 1. The molecule has 21 heavy (non-hydrogen) atoms. The van der Waals surface area contributed by atoms with Crippen LogP contribution in [0.3, 0.4) is 0 Å². The second-order valence-corrected chi connectivity index (χ2v) is 5.02. The maximum Gasteiger partial charge on any atom is 0.191 e. The summed E-state index contributed by atoms with van der Waals surface area (Å²) in [5, 5.41) is 6.69. The molecule has 0 spiro atoms. The van der Waals surface area contributed by atoms with Gasteiger partial charge in [-0.25, -0.2) is 0 Å². The third-order valence-corrected chi connectivity index (χ3v) is 3.34. The number of ether oxygens (including phenoxy) is 1. The molecule has 0 aliphatic rings. The number of halogens is 1. The first-order valence-electron chi connectivity index (χ1n) is 7.21. The lowest BCUT2D eigenvalue weighted by Gasteiger charge is -2.17. The minimum Gasteiger partial charge on any atom is -0.496 e. The van der Waals surface area contributed by atoms with Crippen molar-refractivity contribution in [1.82, 2.24) is 10.6 Å². The highest BCUT2D eigenvalue weighted by Gasteiger charge is 2.05. The quantitative estimate of drug-likeness (QED) is 0.434. The first kappa shape index (κ1) is 20.0. The zero-order valence-corrected chi connectivity index (χ0v) is 16.0. The van der Waals surface area contributed by atoms with Crippen LogP contribution in [-0.4, -0.2) is 32.7 Å². The predicted octanol–water partition coefficient (Wildman–Crippen LogP) is 3.13. The number of aryl methyl sites for hydroxylation is 1. The van der Waals surface area contributed by atoms with Gasteiger partial charge < -0.3 is 15.4 Å². The number of nitrogens with zero attached hydrogens (tertiary/aromatic N) is 1. The van der Waals surface area contributed by atoms with Crippen LogP contribution in [0.15, 0.2) is 23.2 Å². The van der Waals surface area contributed by atoms with Crippen LogP contribution in [0.1, 0.15) is 31.4 Å². The predicted molar refractivity (Wildman–Crippen MR) is 101 cm³/mol. The highest BCUT2D eigenvalue weighted by Crippen LogP contribution is 2.19. The Labute approximate surface area is 145 Å². The van der Waals surface area contributed by atoms with E-state index in [2.05, 4.69) is 48.5 Å². The summed E-state index contributed by atoms with van der Waals surface area (Å²) >= 11 is 0. The van der Waals surface area contributed by atoms with Gasteiger partial charge in [0, 0.05) is 19.6 Å². The summed E-state index contributed by atoms with van der Waals surface area (Å²) in [5.41, 5.74) is 2.47. The molecule has 1 aromatic carbocycles. The van der Waals surface area contributed by atoms with Crippen LogP contribution in [0.4, 0.5) is 0 Å². The van der Waals surface area contributed by atoms with Crippen molar-refractivity contribution in [2.24, 2.45) is 4.99 Å². The first-order chi connectivity index (χ1) is 9.60. The summed E-state index contributed by atoms with van der Waals surface area (Å²) in [6.45, 7) is 7.23. The molecule has 0 saturated carbocycles. The van der Waals surface area contributed by atoms with Crippen LogP contribution in [0.5, 0.6) is 5.75 Å². The van der Waals surface area contributed by atoms with Gasteiger partial charge in [0.2, 0.25) is 0 Å². The average Bonchev–Trinajstić information content (AvgIpc) is 2.46. The van der Waals surface area contributed by atoms with Crippen LogP contribution in [0.25, 0.3) is 0 Å². The lowest BCUT2D eigenvalue weighted by molar-refractivity contribution is 0.409. The van der Waals surface area contributed by atoms with Crippen molar-refractivity contribution in [3.05, 3.63) is 29.3 Å². The molecule has 1 aromatic rings. The van der Waals surface area contributed by atoms with Gasteiger partial charge in [-0.3, -0.25) is 4.99 Å². The topological polar surface area (TPSA) is 45.7 Å². The third kappa shape index (κ3) is 7.02. The Hall–Kier alpha value is -0.980. The molecular formula is C16H28IN3O. The molecule has 0 aromatic heterocycles. The third-order valence-electron chi connectivity index (χ3n) is 3.34. The largest absolute Gasteiger partial charge is 0.496 e. The summed E-state index contributed by atoms with van der Waals surface area (Å²) in [6, 6.07) is 6.69. The number of hydrogen-bond donors (Lipinski definition) is 2. The van der Waals surface area contributed by atoms with E-state index >= 15 is 0 Å². The maximum atomic E-state index is 5.39. The summed E-state index contributed by atoms with van der Waals surface area (Å²) in [7, 11) is 3.51. The van der Waals surface area contributed by atoms with Crippen LogP contribution in [0.2, 0.25) is 0 Å². The second-order valence-electron chi connectivity index (χ2n) is 5.02. The van der Waals surface area contributed by atoms with Crippen molar-refractivity contribution in [1.29, 1.82) is 0 Å². The average molecular weight is 405 g/mol. The minimum absolute atomic E-state index is 0. The number of guanidine groups is 1. The summed E-state index contributed by atoms with van der Waals surface area (Å²) in [4.78, 5) is 4.23. The molecule has 2 N–H and O–H groups in total. The van der Waals surface area contributed by atoms with Gasteiger partial charge in [-0.1, -0.05) is 24.6 Å². The highest BCUT2D eigenvalue weighted by molar-refractivity contribution is 14.0. The normalized spacial score (nSPS) is 12.3. The van der Waals surface area contributed by atoms with Crippen LogP contribution < -0.4 is 15.4 Å². The van der Waals surface area contributed by atoms with E-state index < -0.39 is 0 Å². The molecule has 1 unspecified atom stereocenters. The lowest BCUT2D eigenvalue weighted by atomic mass is 10.1. The number of nitrogens with one attached hydrogen (secondary N) is 2. The Morgan fingerprint density at radius 3 is 2.67 bits per heavy atom. The van der Waals surface area contributed by atoms with E-state index in [0.717, 1.165) is 31.1 Å². The van der Waals surface area contributed by atoms with Crippen molar-refractivity contribution < 1.29 is 4.74 Å². The summed E-state index contributed by atoms with van der Waals surface area (Å²) < 4.78 is 5.39. The van der Waals surface area contributed by atoms with Crippen LogP contribution in [0, 0.1) is 6.92 Å². The fourth-order valence-corrected chi connectivity index (χ4v) is 1.95. The Morgan fingerprint density at radius 1 is 1.38 bits per heavy atom. The maximum absolute atomic E-state index is 5.39. The molecule has 0 saturated heterocycles. The first-order valence-corrected chi connectivity index (χ1v) is 7.21. The molecule has 0 bridgehead atoms. The number of methoxy groups -OCH3 is 1. The smallest absolute Gasteiger partial charge is 0.191 e. The van der Waals surface area contributed by atoms with Crippen LogP contribution in [-0.2, 0) is 6.42 Å². The summed E-state index contributed by atoms with van der Waals surface area (Å²) in [6.07, 6.45) is 1.98. The van der Waals surface area contributed by atoms with Gasteiger partial charge in [0.05, 0.1) is 7.11 Å². The van der Waals surface area contributed by atoms with Crippen LogP contribution >= 0.6 is 24.0 Å². The Balaban J connectivity index is 0.00000400. The van der Waals surface area contributed by atoms with E-state index in [1.165, 1.54) is 11.1 Å².